The number of benzene rings is 1. The molecule has 0 unspecified atom stereocenters. The Balaban J connectivity index is 1.88. The lowest BCUT2D eigenvalue weighted by Gasteiger charge is -2.15. The smallest absolute Gasteiger partial charge is 0.131 e. The molecule has 0 saturated carbocycles. The first kappa shape index (κ1) is 13.3. The van der Waals surface area contributed by atoms with Crippen molar-refractivity contribution in [1.29, 1.82) is 0 Å². The fourth-order valence-electron chi connectivity index (χ4n) is 1.79. The number of rotatable bonds is 6. The topological polar surface area (TPSA) is 45.4 Å². The Hall–Kier alpha value is -1.10. The molecule has 0 aliphatic heterocycles. The van der Waals surface area contributed by atoms with Crippen LogP contribution in [-0.2, 0) is 13.0 Å². The van der Waals surface area contributed by atoms with Crippen LogP contribution in [0.2, 0.25) is 0 Å². The van der Waals surface area contributed by atoms with E-state index >= 15 is 0 Å². The average molecular weight is 310 g/mol. The van der Waals surface area contributed by atoms with E-state index in [2.05, 4.69) is 33.4 Å². The Kier molecular flexibility index (Phi) is 4.99. The molecule has 0 spiro atoms. The number of nitrogens with one attached hydrogen (secondary N) is 1. The number of aliphatic hydroxyl groups is 1. The van der Waals surface area contributed by atoms with Crippen LogP contribution in [0.25, 0.3) is 0 Å². The van der Waals surface area contributed by atoms with Gasteiger partial charge in [0.05, 0.1) is 23.9 Å². The maximum atomic E-state index is 9.38. The third-order valence-corrected chi connectivity index (χ3v) is 3.49. The zero-order valence-corrected chi connectivity index (χ0v) is 11.6. The monoisotopic (exact) mass is 309 g/mol. The van der Waals surface area contributed by atoms with Crippen molar-refractivity contribution in [3.63, 3.8) is 0 Å². The van der Waals surface area contributed by atoms with Crippen molar-refractivity contribution >= 4 is 15.9 Å². The summed E-state index contributed by atoms with van der Waals surface area (Å²) in [5, 5.41) is 12.7. The maximum absolute atomic E-state index is 9.38. The van der Waals surface area contributed by atoms with Crippen molar-refractivity contribution in [3.05, 3.63) is 58.5 Å². The number of halogens is 1. The predicted octanol–water partition coefficient (Wildman–Crippen LogP) is 2.74. The number of aliphatic hydroxyl groups excluding tert-OH is 1. The second kappa shape index (κ2) is 6.73. The molecule has 4 heteroatoms. The molecule has 18 heavy (non-hydrogen) atoms. The van der Waals surface area contributed by atoms with Gasteiger partial charge in [0.15, 0.2) is 0 Å². The molecule has 1 aromatic heterocycles. The van der Waals surface area contributed by atoms with Gasteiger partial charge in [-0.3, -0.25) is 0 Å². The largest absolute Gasteiger partial charge is 0.467 e. The first-order valence-electron chi connectivity index (χ1n) is 5.89. The Morgan fingerprint density at radius 1 is 1.22 bits per heavy atom. The van der Waals surface area contributed by atoms with Crippen molar-refractivity contribution in [3.8, 4) is 0 Å². The molecule has 0 radical (unpaired) electrons. The summed E-state index contributed by atoms with van der Waals surface area (Å²) in [5.74, 6) is 0.849. The first-order valence-corrected chi connectivity index (χ1v) is 6.69. The molecule has 1 heterocycles. The van der Waals surface area contributed by atoms with E-state index in [0.29, 0.717) is 6.54 Å². The zero-order valence-electron chi connectivity index (χ0n) is 9.97. The second-order valence-corrected chi connectivity index (χ2v) is 5.00. The Morgan fingerprint density at radius 3 is 2.61 bits per heavy atom. The van der Waals surface area contributed by atoms with Crippen LogP contribution in [-0.4, -0.2) is 17.8 Å². The molecule has 0 fully saturated rings. The van der Waals surface area contributed by atoms with Crippen molar-refractivity contribution < 1.29 is 9.52 Å². The minimum absolute atomic E-state index is 0.0319. The van der Waals surface area contributed by atoms with Crippen molar-refractivity contribution in [2.24, 2.45) is 0 Å². The van der Waals surface area contributed by atoms with Gasteiger partial charge in [-0.05, 0) is 34.0 Å². The van der Waals surface area contributed by atoms with Crippen LogP contribution in [0.4, 0.5) is 0 Å². The summed E-state index contributed by atoms with van der Waals surface area (Å²) in [6.45, 7) is 0.707. The summed E-state index contributed by atoms with van der Waals surface area (Å²) in [7, 11) is 0. The van der Waals surface area contributed by atoms with E-state index in [1.54, 1.807) is 6.26 Å². The van der Waals surface area contributed by atoms with Gasteiger partial charge in [0.1, 0.15) is 5.76 Å². The number of hydrogen-bond donors (Lipinski definition) is 2. The molecule has 2 aromatic rings. The average Bonchev–Trinajstić information content (AvgIpc) is 2.81. The first-order chi connectivity index (χ1) is 8.79. The highest BCUT2D eigenvalue weighted by atomic mass is 79.9. The second-order valence-electron chi connectivity index (χ2n) is 4.14. The van der Waals surface area contributed by atoms with Gasteiger partial charge >= 0.3 is 0 Å². The molecule has 3 nitrogen and oxygen atoms in total. The minimum atomic E-state index is 0.0319. The van der Waals surface area contributed by atoms with Crippen molar-refractivity contribution in [1.82, 2.24) is 5.32 Å². The number of furan rings is 1. The molecule has 2 rings (SSSR count). The van der Waals surface area contributed by atoms with Crippen LogP contribution in [0.5, 0.6) is 0 Å². The van der Waals surface area contributed by atoms with E-state index < -0.39 is 0 Å². The standard InChI is InChI=1S/C14H16BrNO2/c15-13-6-7-18-14(13)9-16-12(10-17)8-11-4-2-1-3-5-11/h1-7,12,16-17H,8-10H2/t12-/m1/s1. The van der Waals surface area contributed by atoms with Crippen LogP contribution < -0.4 is 5.32 Å². The van der Waals surface area contributed by atoms with Gasteiger partial charge in [-0.1, -0.05) is 30.3 Å². The van der Waals surface area contributed by atoms with E-state index in [4.69, 9.17) is 4.42 Å². The Bertz CT molecular complexity index is 470. The SMILES string of the molecule is OC[C@@H](Cc1ccccc1)NCc1occc1Br. The molecule has 96 valence electrons. The fraction of sp³-hybridized carbons (Fsp3) is 0.286. The van der Waals surface area contributed by atoms with Gasteiger partial charge in [-0.15, -0.1) is 0 Å². The highest BCUT2D eigenvalue weighted by Gasteiger charge is 2.10. The summed E-state index contributed by atoms with van der Waals surface area (Å²) in [4.78, 5) is 0. The van der Waals surface area contributed by atoms with E-state index in [1.165, 1.54) is 5.56 Å². The van der Waals surface area contributed by atoms with E-state index in [-0.39, 0.29) is 12.6 Å². The quantitative estimate of drug-likeness (QED) is 0.862. The van der Waals surface area contributed by atoms with Gasteiger partial charge in [0, 0.05) is 6.04 Å². The van der Waals surface area contributed by atoms with Crippen LogP contribution >= 0.6 is 15.9 Å². The molecule has 0 aliphatic rings. The summed E-state index contributed by atoms with van der Waals surface area (Å²) >= 11 is 3.41. The number of hydrogen-bond acceptors (Lipinski definition) is 3. The summed E-state index contributed by atoms with van der Waals surface area (Å²) in [5.41, 5.74) is 1.21. The zero-order chi connectivity index (χ0) is 12.8. The lowest BCUT2D eigenvalue weighted by Crippen LogP contribution is -2.33. The molecular formula is C14H16BrNO2. The molecule has 1 aromatic carbocycles. The van der Waals surface area contributed by atoms with E-state index in [9.17, 15) is 5.11 Å². The van der Waals surface area contributed by atoms with Crippen LogP contribution in [0.1, 0.15) is 11.3 Å². The van der Waals surface area contributed by atoms with Crippen LogP contribution in [0.3, 0.4) is 0 Å². The van der Waals surface area contributed by atoms with Gasteiger partial charge in [-0.2, -0.15) is 0 Å². The Labute approximate surface area is 115 Å². The highest BCUT2D eigenvalue weighted by Crippen LogP contribution is 2.17. The third kappa shape index (κ3) is 3.70. The van der Waals surface area contributed by atoms with Gasteiger partial charge < -0.3 is 14.8 Å². The van der Waals surface area contributed by atoms with Gasteiger partial charge in [-0.25, -0.2) is 0 Å². The van der Waals surface area contributed by atoms with Crippen LogP contribution in [0.15, 0.2) is 51.6 Å². The molecule has 0 bridgehead atoms. The fourth-order valence-corrected chi connectivity index (χ4v) is 2.13. The highest BCUT2D eigenvalue weighted by molar-refractivity contribution is 9.10. The Morgan fingerprint density at radius 2 is 2.00 bits per heavy atom. The lowest BCUT2D eigenvalue weighted by molar-refractivity contribution is 0.238. The van der Waals surface area contributed by atoms with Crippen LogP contribution in [0, 0.1) is 0 Å². The lowest BCUT2D eigenvalue weighted by atomic mass is 10.1. The molecular weight excluding hydrogens is 294 g/mol. The third-order valence-electron chi connectivity index (χ3n) is 2.79. The summed E-state index contributed by atoms with van der Waals surface area (Å²) in [6.07, 6.45) is 2.45. The van der Waals surface area contributed by atoms with Gasteiger partial charge in [0.2, 0.25) is 0 Å². The van der Waals surface area contributed by atoms with E-state index in [1.807, 2.05) is 24.3 Å². The molecule has 0 saturated heterocycles. The minimum Gasteiger partial charge on any atom is -0.467 e. The molecule has 2 N–H and O–H groups in total. The van der Waals surface area contributed by atoms with E-state index in [0.717, 1.165) is 16.7 Å². The van der Waals surface area contributed by atoms with Crippen molar-refractivity contribution in [2.45, 2.75) is 19.0 Å². The van der Waals surface area contributed by atoms with Gasteiger partial charge in [0.25, 0.3) is 0 Å². The molecule has 1 atom stereocenters. The maximum Gasteiger partial charge on any atom is 0.131 e. The summed E-state index contributed by atoms with van der Waals surface area (Å²) < 4.78 is 6.27. The predicted molar refractivity (Wildman–Crippen MR) is 74.3 cm³/mol. The molecule has 0 aliphatic carbocycles. The normalized spacial score (nSPS) is 12.6. The summed E-state index contributed by atoms with van der Waals surface area (Å²) in [6, 6.07) is 12.0. The van der Waals surface area contributed by atoms with Crippen molar-refractivity contribution in [2.75, 3.05) is 6.61 Å². The molecule has 0 amide bonds.